The van der Waals surface area contributed by atoms with Gasteiger partial charge in [0.1, 0.15) is 0 Å². The Hall–Kier alpha value is -0.870. The summed E-state index contributed by atoms with van der Waals surface area (Å²) in [5, 5.41) is 8.14. The van der Waals surface area contributed by atoms with Crippen molar-refractivity contribution in [1.29, 1.82) is 0 Å². The van der Waals surface area contributed by atoms with Crippen LogP contribution < -0.4 is 5.32 Å². The maximum absolute atomic E-state index is 4.65. The standard InChI is InChI=1S/C14H26N4/c1-11(2)14-9-15-6-8-17(14)10-13-5-7-18(16-13)12(3)4/h5,7,11-12,14-15H,6,8-10H2,1-4H3. The van der Waals surface area contributed by atoms with Crippen molar-refractivity contribution < 1.29 is 0 Å². The molecular formula is C14H26N4. The summed E-state index contributed by atoms with van der Waals surface area (Å²) in [5.74, 6) is 0.685. The first-order chi connectivity index (χ1) is 8.58. The highest BCUT2D eigenvalue weighted by atomic mass is 15.3. The van der Waals surface area contributed by atoms with Gasteiger partial charge in [-0.05, 0) is 25.8 Å². The molecule has 18 heavy (non-hydrogen) atoms. The molecule has 1 unspecified atom stereocenters. The van der Waals surface area contributed by atoms with Gasteiger partial charge in [0.25, 0.3) is 0 Å². The number of hydrogen-bond donors (Lipinski definition) is 1. The maximum atomic E-state index is 4.65. The summed E-state index contributed by atoms with van der Waals surface area (Å²) in [6.45, 7) is 13.2. The number of piperazine rings is 1. The lowest BCUT2D eigenvalue weighted by Gasteiger charge is -2.38. The molecule has 1 aromatic heterocycles. The highest BCUT2D eigenvalue weighted by molar-refractivity contribution is 5.01. The van der Waals surface area contributed by atoms with Gasteiger partial charge in [0, 0.05) is 44.5 Å². The fourth-order valence-corrected chi connectivity index (χ4v) is 2.58. The van der Waals surface area contributed by atoms with E-state index < -0.39 is 0 Å². The van der Waals surface area contributed by atoms with Gasteiger partial charge in [-0.1, -0.05) is 13.8 Å². The third-order valence-corrected chi connectivity index (χ3v) is 3.73. The molecule has 4 heteroatoms. The van der Waals surface area contributed by atoms with Crippen molar-refractivity contribution in [2.24, 2.45) is 5.92 Å². The lowest BCUT2D eigenvalue weighted by molar-refractivity contribution is 0.115. The smallest absolute Gasteiger partial charge is 0.0765 e. The first kappa shape index (κ1) is 13.6. The summed E-state index contributed by atoms with van der Waals surface area (Å²) in [7, 11) is 0. The van der Waals surface area contributed by atoms with E-state index in [1.807, 2.05) is 4.68 Å². The average Bonchev–Trinajstić information content (AvgIpc) is 2.78. The van der Waals surface area contributed by atoms with Gasteiger partial charge in [-0.3, -0.25) is 9.58 Å². The van der Waals surface area contributed by atoms with E-state index in [-0.39, 0.29) is 0 Å². The van der Waals surface area contributed by atoms with E-state index in [4.69, 9.17) is 0 Å². The molecule has 2 heterocycles. The molecule has 1 aliphatic heterocycles. The van der Waals surface area contributed by atoms with Gasteiger partial charge >= 0.3 is 0 Å². The van der Waals surface area contributed by atoms with Gasteiger partial charge in [0.2, 0.25) is 0 Å². The molecule has 0 spiro atoms. The Balaban J connectivity index is 2.01. The van der Waals surface area contributed by atoms with Crippen LogP contribution in [0, 0.1) is 5.92 Å². The molecule has 1 saturated heterocycles. The number of nitrogens with one attached hydrogen (secondary N) is 1. The van der Waals surface area contributed by atoms with Crippen LogP contribution in [-0.2, 0) is 6.54 Å². The summed E-state index contributed by atoms with van der Waals surface area (Å²) in [4.78, 5) is 2.56. The van der Waals surface area contributed by atoms with Crippen molar-refractivity contribution in [3.05, 3.63) is 18.0 Å². The van der Waals surface area contributed by atoms with Crippen molar-refractivity contribution in [2.75, 3.05) is 19.6 Å². The Morgan fingerprint density at radius 2 is 2.17 bits per heavy atom. The normalized spacial score (nSPS) is 22.0. The Labute approximate surface area is 110 Å². The summed E-state index contributed by atoms with van der Waals surface area (Å²) in [5.41, 5.74) is 1.19. The fourth-order valence-electron chi connectivity index (χ4n) is 2.58. The predicted molar refractivity (Wildman–Crippen MR) is 74.5 cm³/mol. The van der Waals surface area contributed by atoms with Gasteiger partial charge in [-0.15, -0.1) is 0 Å². The van der Waals surface area contributed by atoms with Crippen molar-refractivity contribution in [1.82, 2.24) is 20.0 Å². The van der Waals surface area contributed by atoms with Crippen LogP contribution in [0.5, 0.6) is 0 Å². The highest BCUT2D eigenvalue weighted by Crippen LogP contribution is 2.16. The number of hydrogen-bond acceptors (Lipinski definition) is 3. The lowest BCUT2D eigenvalue weighted by Crippen LogP contribution is -2.53. The molecule has 2 rings (SSSR count). The van der Waals surface area contributed by atoms with E-state index in [9.17, 15) is 0 Å². The van der Waals surface area contributed by atoms with Gasteiger partial charge < -0.3 is 5.32 Å². The third-order valence-electron chi connectivity index (χ3n) is 3.73. The molecule has 0 bridgehead atoms. The van der Waals surface area contributed by atoms with Crippen LogP contribution in [0.1, 0.15) is 39.4 Å². The molecule has 0 saturated carbocycles. The molecule has 1 atom stereocenters. The van der Waals surface area contributed by atoms with Crippen molar-refractivity contribution in [3.8, 4) is 0 Å². The number of nitrogens with zero attached hydrogens (tertiary/aromatic N) is 3. The monoisotopic (exact) mass is 250 g/mol. The molecule has 1 fully saturated rings. The molecule has 102 valence electrons. The van der Waals surface area contributed by atoms with Crippen LogP contribution in [-0.4, -0.2) is 40.4 Å². The zero-order valence-corrected chi connectivity index (χ0v) is 12.1. The summed E-state index contributed by atoms with van der Waals surface area (Å²) in [6, 6.07) is 3.23. The maximum Gasteiger partial charge on any atom is 0.0765 e. The predicted octanol–water partition coefficient (Wildman–Crippen LogP) is 1.89. The van der Waals surface area contributed by atoms with Crippen LogP contribution in [0.2, 0.25) is 0 Å². The van der Waals surface area contributed by atoms with Gasteiger partial charge in [0.15, 0.2) is 0 Å². The molecular weight excluding hydrogens is 224 g/mol. The van der Waals surface area contributed by atoms with Gasteiger partial charge in [-0.25, -0.2) is 0 Å². The quantitative estimate of drug-likeness (QED) is 0.886. The highest BCUT2D eigenvalue weighted by Gasteiger charge is 2.25. The third kappa shape index (κ3) is 3.12. The molecule has 1 aromatic rings. The Kier molecular flexibility index (Phi) is 4.40. The Bertz CT molecular complexity index is 370. The summed E-state index contributed by atoms with van der Waals surface area (Å²) >= 11 is 0. The summed E-state index contributed by atoms with van der Waals surface area (Å²) in [6.07, 6.45) is 2.09. The SMILES string of the molecule is CC(C)C1CNCCN1Cc1ccn(C(C)C)n1. The molecule has 0 aromatic carbocycles. The van der Waals surface area contributed by atoms with Crippen LogP contribution in [0.3, 0.4) is 0 Å². The summed E-state index contributed by atoms with van der Waals surface area (Å²) < 4.78 is 2.04. The second kappa shape index (κ2) is 5.85. The van der Waals surface area contributed by atoms with E-state index in [2.05, 4.69) is 55.3 Å². The molecule has 1 aliphatic rings. The van der Waals surface area contributed by atoms with Crippen LogP contribution >= 0.6 is 0 Å². The minimum absolute atomic E-state index is 0.447. The second-order valence-corrected chi connectivity index (χ2v) is 5.87. The van der Waals surface area contributed by atoms with Crippen LogP contribution in [0.4, 0.5) is 0 Å². The largest absolute Gasteiger partial charge is 0.314 e. The molecule has 0 amide bonds. The molecule has 4 nitrogen and oxygen atoms in total. The van der Waals surface area contributed by atoms with Gasteiger partial charge in [0.05, 0.1) is 5.69 Å². The first-order valence-electron chi connectivity index (χ1n) is 7.06. The topological polar surface area (TPSA) is 33.1 Å². The van der Waals surface area contributed by atoms with E-state index in [1.165, 1.54) is 5.69 Å². The molecule has 1 N–H and O–H groups in total. The zero-order chi connectivity index (χ0) is 13.1. The lowest BCUT2D eigenvalue weighted by atomic mass is 10.0. The van der Waals surface area contributed by atoms with E-state index in [0.717, 1.165) is 26.2 Å². The number of rotatable bonds is 4. The molecule has 0 aliphatic carbocycles. The van der Waals surface area contributed by atoms with E-state index in [0.29, 0.717) is 18.0 Å². The minimum Gasteiger partial charge on any atom is -0.314 e. The van der Waals surface area contributed by atoms with Crippen molar-refractivity contribution in [3.63, 3.8) is 0 Å². The fraction of sp³-hybridized carbons (Fsp3) is 0.786. The van der Waals surface area contributed by atoms with E-state index in [1.54, 1.807) is 0 Å². The van der Waals surface area contributed by atoms with Crippen LogP contribution in [0.25, 0.3) is 0 Å². The number of aromatic nitrogens is 2. The Morgan fingerprint density at radius 3 is 2.78 bits per heavy atom. The minimum atomic E-state index is 0.447. The van der Waals surface area contributed by atoms with Crippen molar-refractivity contribution in [2.45, 2.75) is 46.3 Å². The van der Waals surface area contributed by atoms with Crippen LogP contribution in [0.15, 0.2) is 12.3 Å². The van der Waals surface area contributed by atoms with E-state index >= 15 is 0 Å². The second-order valence-electron chi connectivity index (χ2n) is 5.87. The first-order valence-corrected chi connectivity index (χ1v) is 7.06. The Morgan fingerprint density at radius 1 is 1.39 bits per heavy atom. The average molecular weight is 250 g/mol. The molecule has 0 radical (unpaired) electrons. The zero-order valence-electron chi connectivity index (χ0n) is 12.1. The van der Waals surface area contributed by atoms with Gasteiger partial charge in [-0.2, -0.15) is 5.10 Å². The van der Waals surface area contributed by atoms with Crippen molar-refractivity contribution >= 4 is 0 Å².